The van der Waals surface area contributed by atoms with E-state index in [1.165, 1.54) is 43.2 Å². The molecule has 0 amide bonds. The van der Waals surface area contributed by atoms with Crippen LogP contribution in [0.25, 0.3) is 0 Å². The molecule has 3 rings (SSSR count). The van der Waals surface area contributed by atoms with Crippen molar-refractivity contribution >= 4 is 29.2 Å². The van der Waals surface area contributed by atoms with Crippen LogP contribution in [0, 0.1) is 41.5 Å². The topological polar surface area (TPSA) is 41.2 Å². The Kier molecular flexibility index (Phi) is 5.41. The molecule has 1 heterocycles. The molecule has 2 aromatic carbocycles. The van der Waals surface area contributed by atoms with Gasteiger partial charge in [-0.2, -0.15) is 4.79 Å². The van der Waals surface area contributed by atoms with Gasteiger partial charge in [0.05, 0.1) is 0 Å². The van der Waals surface area contributed by atoms with Gasteiger partial charge in [0.25, 0.3) is 0 Å². The molecular weight excluding hydrogens is 345 g/mol. The maximum atomic E-state index is 11.5. The molecule has 1 N–H and O–H groups in total. The van der Waals surface area contributed by atoms with Crippen LogP contribution in [0.15, 0.2) is 48.8 Å². The Bertz CT molecular complexity index is 957. The summed E-state index contributed by atoms with van der Waals surface area (Å²) in [5.74, 6) is 0. The second-order valence-electron chi connectivity index (χ2n) is 7.77. The smallest absolute Gasteiger partial charge is 0.427 e. The molecule has 1 aromatic heterocycles. The average Bonchev–Trinajstić information content (AvgIpc) is 2.60. The molecule has 0 saturated carbocycles. The van der Waals surface area contributed by atoms with Crippen LogP contribution < -0.4 is 21.0 Å². The zero-order chi connectivity index (χ0) is 20.6. The van der Waals surface area contributed by atoms with Gasteiger partial charge in [0.15, 0.2) is 12.4 Å². The molecule has 0 aliphatic rings. The zero-order valence-electron chi connectivity index (χ0n) is 17.5. The molecule has 0 bridgehead atoms. The van der Waals surface area contributed by atoms with E-state index in [1.54, 1.807) is 12.4 Å². The van der Waals surface area contributed by atoms with Gasteiger partial charge in [0.2, 0.25) is 6.71 Å². The lowest BCUT2D eigenvalue weighted by atomic mass is 9.33. The fraction of sp³-hybridized carbons (Fsp3) is 0.250. The van der Waals surface area contributed by atoms with Crippen molar-refractivity contribution in [1.29, 1.82) is 0 Å². The third-order valence-corrected chi connectivity index (χ3v) is 5.69. The number of nitrogens with zero attached hydrogens (tertiary/aromatic N) is 1. The Hall–Kier alpha value is -2.88. The lowest BCUT2D eigenvalue weighted by Gasteiger charge is -2.25. The van der Waals surface area contributed by atoms with Crippen molar-refractivity contribution < 1.29 is 14.5 Å². The first-order valence-corrected chi connectivity index (χ1v) is 9.60. The van der Waals surface area contributed by atoms with Crippen molar-refractivity contribution in [3.8, 4) is 0 Å². The lowest BCUT2D eigenvalue weighted by molar-refractivity contribution is -0.584. The first-order chi connectivity index (χ1) is 13.2. The van der Waals surface area contributed by atoms with Crippen molar-refractivity contribution in [2.75, 3.05) is 0 Å². The van der Waals surface area contributed by atoms with E-state index in [-0.39, 0.29) is 6.71 Å². The van der Waals surface area contributed by atoms with E-state index in [4.69, 9.17) is 0 Å². The fourth-order valence-corrected chi connectivity index (χ4v) is 4.47. The van der Waals surface area contributed by atoms with Gasteiger partial charge in [-0.05, 0) is 41.5 Å². The number of pyridine rings is 1. The van der Waals surface area contributed by atoms with Crippen LogP contribution in [0.3, 0.4) is 0 Å². The summed E-state index contributed by atoms with van der Waals surface area (Å²) in [5, 5.41) is 9.44. The van der Waals surface area contributed by atoms with Crippen molar-refractivity contribution in [3.63, 3.8) is 0 Å². The lowest BCUT2D eigenvalue weighted by Crippen LogP contribution is -2.58. The fourth-order valence-electron chi connectivity index (χ4n) is 4.47. The maximum Gasteiger partial charge on any atom is 0.599 e. The summed E-state index contributed by atoms with van der Waals surface area (Å²) < 4.78 is 1.25. The Labute approximate surface area is 167 Å². The SMILES string of the molecule is Cc1cccc(C)c1B(c1c(C)cccc1C)c1c(C)c[n+](C(=O)O)cc1C. The minimum absolute atomic E-state index is 0.0610. The highest BCUT2D eigenvalue weighted by atomic mass is 16.4. The van der Waals surface area contributed by atoms with E-state index in [2.05, 4.69) is 64.1 Å². The third kappa shape index (κ3) is 3.47. The molecule has 3 nitrogen and oxygen atoms in total. The summed E-state index contributed by atoms with van der Waals surface area (Å²) in [6, 6.07) is 12.8. The minimum Gasteiger partial charge on any atom is -0.427 e. The van der Waals surface area contributed by atoms with Crippen LogP contribution in [-0.2, 0) is 0 Å². The van der Waals surface area contributed by atoms with Gasteiger partial charge in [0.1, 0.15) is 0 Å². The summed E-state index contributed by atoms with van der Waals surface area (Å²) in [6.45, 7) is 12.7. The van der Waals surface area contributed by atoms with Gasteiger partial charge >= 0.3 is 6.09 Å². The molecular formula is C24H27BNO2+. The highest BCUT2D eigenvalue weighted by molar-refractivity contribution is 6.97. The first kappa shape index (κ1) is 19.9. The van der Waals surface area contributed by atoms with Crippen LogP contribution in [0.1, 0.15) is 33.4 Å². The summed E-state index contributed by atoms with van der Waals surface area (Å²) in [4.78, 5) is 11.5. The van der Waals surface area contributed by atoms with Crippen LogP contribution in [0.5, 0.6) is 0 Å². The minimum atomic E-state index is -0.964. The number of carbonyl (C=O) groups is 1. The number of rotatable bonds is 3. The van der Waals surface area contributed by atoms with Crippen molar-refractivity contribution in [3.05, 3.63) is 82.2 Å². The highest BCUT2D eigenvalue weighted by Crippen LogP contribution is 2.11. The van der Waals surface area contributed by atoms with Crippen LogP contribution in [-0.4, -0.2) is 17.9 Å². The van der Waals surface area contributed by atoms with Crippen LogP contribution in [0.2, 0.25) is 0 Å². The number of hydrogen-bond donors (Lipinski definition) is 1. The van der Waals surface area contributed by atoms with Gasteiger partial charge in [-0.3, -0.25) is 0 Å². The Morgan fingerprint density at radius 1 is 0.679 bits per heavy atom. The van der Waals surface area contributed by atoms with E-state index in [0.29, 0.717) is 0 Å². The Balaban J connectivity index is 2.41. The maximum absolute atomic E-state index is 11.5. The predicted octanol–water partition coefficient (Wildman–Crippen LogP) is 2.87. The summed E-state index contributed by atoms with van der Waals surface area (Å²) >= 11 is 0. The largest absolute Gasteiger partial charge is 0.599 e. The number of hydrogen-bond acceptors (Lipinski definition) is 1. The second-order valence-corrected chi connectivity index (χ2v) is 7.77. The molecule has 0 spiro atoms. The summed E-state index contributed by atoms with van der Waals surface area (Å²) in [7, 11) is 0. The van der Waals surface area contributed by atoms with Crippen molar-refractivity contribution in [2.45, 2.75) is 41.5 Å². The number of benzene rings is 2. The highest BCUT2D eigenvalue weighted by Gasteiger charge is 2.32. The number of aromatic nitrogens is 1. The van der Waals surface area contributed by atoms with Crippen molar-refractivity contribution in [1.82, 2.24) is 0 Å². The van der Waals surface area contributed by atoms with Gasteiger partial charge < -0.3 is 5.11 Å². The van der Waals surface area contributed by atoms with E-state index >= 15 is 0 Å². The summed E-state index contributed by atoms with van der Waals surface area (Å²) in [5.41, 5.74) is 10.8. The van der Waals surface area contributed by atoms with Crippen molar-refractivity contribution in [2.24, 2.45) is 0 Å². The molecule has 0 radical (unpaired) electrons. The third-order valence-electron chi connectivity index (χ3n) is 5.69. The molecule has 3 aromatic rings. The van der Waals surface area contributed by atoms with E-state index in [1.807, 2.05) is 13.8 Å². The van der Waals surface area contributed by atoms with E-state index in [0.717, 1.165) is 11.1 Å². The predicted molar refractivity (Wildman–Crippen MR) is 116 cm³/mol. The molecule has 0 unspecified atom stereocenters. The Morgan fingerprint density at radius 3 is 1.32 bits per heavy atom. The van der Waals surface area contributed by atoms with Crippen LogP contribution in [0.4, 0.5) is 4.79 Å². The Morgan fingerprint density at radius 2 is 1.00 bits per heavy atom. The molecule has 4 heteroatoms. The normalized spacial score (nSPS) is 10.8. The molecule has 28 heavy (non-hydrogen) atoms. The van der Waals surface area contributed by atoms with Crippen LogP contribution >= 0.6 is 0 Å². The zero-order valence-corrected chi connectivity index (χ0v) is 17.5. The molecule has 0 saturated heterocycles. The average molecular weight is 372 g/mol. The second kappa shape index (κ2) is 7.63. The van der Waals surface area contributed by atoms with Gasteiger partial charge in [-0.25, -0.2) is 0 Å². The molecule has 142 valence electrons. The van der Waals surface area contributed by atoms with E-state index in [9.17, 15) is 9.90 Å². The monoisotopic (exact) mass is 372 g/mol. The first-order valence-electron chi connectivity index (χ1n) is 9.60. The summed E-state index contributed by atoms with van der Waals surface area (Å²) in [6.07, 6.45) is 2.48. The molecule has 0 aliphatic carbocycles. The van der Waals surface area contributed by atoms with Gasteiger partial charge in [-0.15, -0.1) is 0 Å². The van der Waals surface area contributed by atoms with Gasteiger partial charge in [0, 0.05) is 11.1 Å². The molecule has 0 atom stereocenters. The standard InChI is InChI=1S/C24H26BNO2/c1-15-9-7-10-16(2)21(15)25(22-17(3)11-8-12-18(22)4)23-19(5)13-26(24(27)28)14-20(23)6/h7-14H,1-6H3/p+1. The number of aryl methyl sites for hydroxylation is 6. The van der Waals surface area contributed by atoms with E-state index < -0.39 is 6.09 Å². The molecule has 0 aliphatic heterocycles. The quantitative estimate of drug-likeness (QED) is 0.568. The number of carboxylic acid groups (broad SMARTS) is 1. The molecule has 0 fully saturated rings. The van der Waals surface area contributed by atoms with Gasteiger partial charge in [-0.1, -0.05) is 79.6 Å².